The van der Waals surface area contributed by atoms with Gasteiger partial charge in [0.25, 0.3) is 0 Å². The van der Waals surface area contributed by atoms with Crippen LogP contribution in [0.25, 0.3) is 0 Å². The highest BCUT2D eigenvalue weighted by Crippen LogP contribution is 2.27. The topological polar surface area (TPSA) is 32.3 Å². The van der Waals surface area contributed by atoms with Crippen LogP contribution in [0.15, 0.2) is 22.7 Å². The first-order valence-electron chi connectivity index (χ1n) is 5.86. The number of hydrogen-bond donors (Lipinski definition) is 2. The Morgan fingerprint density at radius 2 is 2.00 bits per heavy atom. The first-order valence-corrected chi connectivity index (χ1v) is 6.66. The molecule has 1 aromatic rings. The zero-order valence-corrected chi connectivity index (χ0v) is 11.8. The Morgan fingerprint density at radius 1 is 1.35 bits per heavy atom. The Morgan fingerprint density at radius 3 is 2.53 bits per heavy atom. The number of anilines is 1. The predicted molar refractivity (Wildman–Crippen MR) is 72.7 cm³/mol. The molecule has 0 aromatic heterocycles. The normalized spacial score (nSPS) is 11.6. The number of benzene rings is 1. The maximum atomic E-state index is 13.5. The first-order chi connectivity index (χ1) is 8.06. The highest BCUT2D eigenvalue weighted by atomic mass is 79.9. The summed E-state index contributed by atoms with van der Waals surface area (Å²) in [6.45, 7) is 4.77. The third kappa shape index (κ3) is 3.68. The molecule has 0 saturated heterocycles. The summed E-state index contributed by atoms with van der Waals surface area (Å²) in [5.41, 5.74) is 0.300. The highest BCUT2D eigenvalue weighted by molar-refractivity contribution is 9.10. The molecule has 4 heteroatoms. The summed E-state index contributed by atoms with van der Waals surface area (Å²) in [5.74, 6) is -0.271. The molecule has 0 aliphatic rings. The minimum Gasteiger partial charge on any atom is -0.396 e. The molecule has 0 fully saturated rings. The monoisotopic (exact) mass is 303 g/mol. The van der Waals surface area contributed by atoms with Crippen molar-refractivity contribution in [3.63, 3.8) is 0 Å². The molecule has 0 spiro atoms. The van der Waals surface area contributed by atoms with Crippen LogP contribution in [0.3, 0.4) is 0 Å². The van der Waals surface area contributed by atoms with Crippen molar-refractivity contribution in [2.24, 2.45) is 5.41 Å². The minimum atomic E-state index is -0.271. The van der Waals surface area contributed by atoms with Gasteiger partial charge in [0.1, 0.15) is 5.82 Å². The Kier molecular flexibility index (Phi) is 5.40. The number of rotatable bonds is 6. The van der Waals surface area contributed by atoms with Gasteiger partial charge in [-0.05, 0) is 31.0 Å². The van der Waals surface area contributed by atoms with E-state index in [4.69, 9.17) is 0 Å². The third-order valence-corrected chi connectivity index (χ3v) is 3.91. The van der Waals surface area contributed by atoms with Crippen molar-refractivity contribution in [2.45, 2.75) is 26.7 Å². The Balaban J connectivity index is 2.75. The molecule has 2 nitrogen and oxygen atoms in total. The number of aliphatic hydroxyl groups is 1. The molecule has 0 unspecified atom stereocenters. The van der Waals surface area contributed by atoms with Crippen molar-refractivity contribution in [3.05, 3.63) is 28.5 Å². The van der Waals surface area contributed by atoms with E-state index in [-0.39, 0.29) is 17.8 Å². The lowest BCUT2D eigenvalue weighted by molar-refractivity contribution is 0.127. The van der Waals surface area contributed by atoms with Crippen LogP contribution in [0.5, 0.6) is 0 Å². The van der Waals surface area contributed by atoms with Gasteiger partial charge in [-0.25, -0.2) is 4.39 Å². The van der Waals surface area contributed by atoms with Crippen molar-refractivity contribution < 1.29 is 9.50 Å². The van der Waals surface area contributed by atoms with Gasteiger partial charge in [0.2, 0.25) is 0 Å². The van der Waals surface area contributed by atoms with Crippen LogP contribution in [0.2, 0.25) is 0 Å². The lowest BCUT2D eigenvalue weighted by Gasteiger charge is -2.30. The Labute approximate surface area is 110 Å². The highest BCUT2D eigenvalue weighted by Gasteiger charge is 2.25. The molecular weight excluding hydrogens is 285 g/mol. The first kappa shape index (κ1) is 14.5. The molecule has 0 radical (unpaired) electrons. The Hall–Kier alpha value is -0.610. The number of halogens is 2. The molecule has 1 rings (SSSR count). The number of hydrogen-bond acceptors (Lipinski definition) is 2. The van der Waals surface area contributed by atoms with Crippen molar-refractivity contribution >= 4 is 21.6 Å². The molecule has 0 aliphatic heterocycles. The summed E-state index contributed by atoms with van der Waals surface area (Å²) in [4.78, 5) is 0. The smallest absolute Gasteiger partial charge is 0.146 e. The Bertz CT molecular complexity index is 358. The van der Waals surface area contributed by atoms with Crippen molar-refractivity contribution in [1.82, 2.24) is 0 Å². The van der Waals surface area contributed by atoms with Gasteiger partial charge in [0.15, 0.2) is 0 Å². The van der Waals surface area contributed by atoms with Gasteiger partial charge in [0.05, 0.1) is 12.3 Å². The van der Waals surface area contributed by atoms with E-state index in [0.29, 0.717) is 12.2 Å². The predicted octanol–water partition coefficient (Wildman–Crippen LogP) is 3.80. The molecule has 0 amide bonds. The van der Waals surface area contributed by atoms with Crippen molar-refractivity contribution in [1.29, 1.82) is 0 Å². The second-order valence-electron chi connectivity index (χ2n) is 4.34. The second kappa shape index (κ2) is 6.36. The third-order valence-electron chi connectivity index (χ3n) is 3.42. The van der Waals surface area contributed by atoms with Crippen LogP contribution in [0.1, 0.15) is 26.7 Å². The molecule has 0 aliphatic carbocycles. The largest absolute Gasteiger partial charge is 0.396 e. The molecule has 0 atom stereocenters. The van der Waals surface area contributed by atoms with Crippen LogP contribution in [-0.2, 0) is 0 Å². The molecule has 0 heterocycles. The van der Waals surface area contributed by atoms with E-state index >= 15 is 0 Å². The summed E-state index contributed by atoms with van der Waals surface area (Å²) in [6, 6.07) is 4.80. The van der Waals surface area contributed by atoms with Gasteiger partial charge >= 0.3 is 0 Å². The summed E-state index contributed by atoms with van der Waals surface area (Å²) >= 11 is 3.31. The van der Waals surface area contributed by atoms with Crippen LogP contribution >= 0.6 is 15.9 Å². The van der Waals surface area contributed by atoms with Crippen molar-refractivity contribution in [3.8, 4) is 0 Å². The maximum Gasteiger partial charge on any atom is 0.146 e. The summed E-state index contributed by atoms with van der Waals surface area (Å²) in [5, 5.41) is 12.5. The molecule has 0 saturated carbocycles. The van der Waals surface area contributed by atoms with Gasteiger partial charge < -0.3 is 10.4 Å². The number of nitrogens with one attached hydrogen (secondary N) is 1. The minimum absolute atomic E-state index is 0.114. The van der Waals surface area contributed by atoms with Crippen LogP contribution < -0.4 is 5.32 Å². The van der Waals surface area contributed by atoms with E-state index in [0.717, 1.165) is 17.3 Å². The molecule has 17 heavy (non-hydrogen) atoms. The fraction of sp³-hybridized carbons (Fsp3) is 0.538. The summed E-state index contributed by atoms with van der Waals surface area (Å²) in [6.07, 6.45) is 1.73. The SMILES string of the molecule is CCC(CC)(CO)CNc1cc(Br)ccc1F. The van der Waals surface area contributed by atoms with Gasteiger partial charge in [-0.2, -0.15) is 0 Å². The lowest BCUT2D eigenvalue weighted by atomic mass is 9.83. The standard InChI is InChI=1S/C13H19BrFNO/c1-3-13(4-2,9-17)8-16-12-7-10(14)5-6-11(12)15/h5-7,16-17H,3-4,8-9H2,1-2H3. The van der Waals surface area contributed by atoms with Gasteiger partial charge in [-0.1, -0.05) is 29.8 Å². The van der Waals surface area contributed by atoms with Crippen LogP contribution in [0.4, 0.5) is 10.1 Å². The quantitative estimate of drug-likeness (QED) is 0.838. The zero-order valence-electron chi connectivity index (χ0n) is 10.3. The van der Waals surface area contributed by atoms with E-state index in [1.807, 2.05) is 13.8 Å². The number of aliphatic hydroxyl groups excluding tert-OH is 1. The molecule has 1 aromatic carbocycles. The van der Waals surface area contributed by atoms with Crippen molar-refractivity contribution in [2.75, 3.05) is 18.5 Å². The lowest BCUT2D eigenvalue weighted by Crippen LogP contribution is -2.32. The van der Waals surface area contributed by atoms with E-state index in [2.05, 4.69) is 21.2 Å². The average molecular weight is 304 g/mol. The molecule has 96 valence electrons. The van der Waals surface area contributed by atoms with E-state index in [1.54, 1.807) is 12.1 Å². The van der Waals surface area contributed by atoms with E-state index in [1.165, 1.54) is 6.07 Å². The van der Waals surface area contributed by atoms with Gasteiger partial charge in [-0.15, -0.1) is 0 Å². The summed E-state index contributed by atoms with van der Waals surface area (Å²) < 4.78 is 14.3. The van der Waals surface area contributed by atoms with Gasteiger partial charge in [-0.3, -0.25) is 0 Å². The van der Waals surface area contributed by atoms with Gasteiger partial charge in [0, 0.05) is 16.4 Å². The fourth-order valence-electron chi connectivity index (χ4n) is 1.70. The summed E-state index contributed by atoms with van der Waals surface area (Å²) in [7, 11) is 0. The second-order valence-corrected chi connectivity index (χ2v) is 5.26. The fourth-order valence-corrected chi connectivity index (χ4v) is 2.06. The van der Waals surface area contributed by atoms with E-state index in [9.17, 15) is 9.50 Å². The maximum absolute atomic E-state index is 13.5. The van der Waals surface area contributed by atoms with Crippen LogP contribution in [-0.4, -0.2) is 18.3 Å². The van der Waals surface area contributed by atoms with E-state index < -0.39 is 0 Å². The molecular formula is C13H19BrFNO. The average Bonchev–Trinajstić information content (AvgIpc) is 2.35. The van der Waals surface area contributed by atoms with Crippen LogP contribution in [0, 0.1) is 11.2 Å². The molecule has 0 bridgehead atoms. The zero-order chi connectivity index (χ0) is 12.9. The molecule has 2 N–H and O–H groups in total.